The van der Waals surface area contributed by atoms with Gasteiger partial charge in [0, 0.05) is 27.6 Å². The van der Waals surface area contributed by atoms with Crippen LogP contribution in [0, 0.1) is 13.8 Å². The average molecular weight is 383 g/mol. The zero-order valence-corrected chi connectivity index (χ0v) is 16.1. The predicted molar refractivity (Wildman–Crippen MR) is 107 cm³/mol. The van der Waals surface area contributed by atoms with Crippen LogP contribution in [-0.2, 0) is 5.75 Å². The molecule has 0 aliphatic rings. The molecule has 1 N–H and O–H groups in total. The van der Waals surface area contributed by atoms with Gasteiger partial charge in [-0.05, 0) is 49.1 Å². The molecule has 0 spiro atoms. The number of thiophene rings is 1. The second kappa shape index (κ2) is 8.73. The number of benzene rings is 1. The first-order chi connectivity index (χ1) is 12.6. The molecule has 0 bridgehead atoms. The molecule has 3 aromatic rings. The summed E-state index contributed by atoms with van der Waals surface area (Å²) in [5.74, 6) is 0.524. The molecule has 0 aliphatic heterocycles. The van der Waals surface area contributed by atoms with Crippen molar-refractivity contribution in [3.8, 4) is 0 Å². The first-order valence-corrected chi connectivity index (χ1v) is 9.87. The van der Waals surface area contributed by atoms with E-state index in [1.165, 1.54) is 0 Å². The van der Waals surface area contributed by atoms with E-state index in [4.69, 9.17) is 0 Å². The molecule has 0 aliphatic carbocycles. The molecule has 0 radical (unpaired) electrons. The van der Waals surface area contributed by atoms with Gasteiger partial charge < -0.3 is 0 Å². The van der Waals surface area contributed by atoms with Gasteiger partial charge in [0.1, 0.15) is 0 Å². The van der Waals surface area contributed by atoms with Crippen molar-refractivity contribution in [1.82, 2.24) is 15.4 Å². The maximum absolute atomic E-state index is 12.1. The molecule has 5 nitrogen and oxygen atoms in total. The molecular formula is C19H18N4OS2. The summed E-state index contributed by atoms with van der Waals surface area (Å²) >= 11 is 3.15. The van der Waals surface area contributed by atoms with E-state index in [1.807, 2.05) is 49.6 Å². The van der Waals surface area contributed by atoms with E-state index >= 15 is 0 Å². The fourth-order valence-electron chi connectivity index (χ4n) is 2.24. The molecule has 3 rings (SSSR count). The van der Waals surface area contributed by atoms with Crippen LogP contribution in [0.2, 0.25) is 0 Å². The van der Waals surface area contributed by atoms with Crippen LogP contribution in [0.5, 0.6) is 0 Å². The lowest BCUT2D eigenvalue weighted by atomic mass is 10.1. The van der Waals surface area contributed by atoms with Crippen LogP contribution in [0.3, 0.4) is 0 Å². The summed E-state index contributed by atoms with van der Waals surface area (Å²) in [4.78, 5) is 21.9. The van der Waals surface area contributed by atoms with Gasteiger partial charge in [-0.25, -0.2) is 15.4 Å². The zero-order chi connectivity index (χ0) is 18.4. The van der Waals surface area contributed by atoms with Crippen LogP contribution in [0.15, 0.2) is 58.1 Å². The summed E-state index contributed by atoms with van der Waals surface area (Å²) in [6.07, 6.45) is 1.64. The highest BCUT2D eigenvalue weighted by molar-refractivity contribution is 7.98. The Kier molecular flexibility index (Phi) is 6.14. The summed E-state index contributed by atoms with van der Waals surface area (Å²) in [7, 11) is 0. The van der Waals surface area contributed by atoms with Crippen molar-refractivity contribution >= 4 is 35.2 Å². The lowest BCUT2D eigenvalue weighted by Crippen LogP contribution is -2.17. The number of rotatable bonds is 6. The number of hydrazone groups is 1. The molecule has 0 saturated carbocycles. The van der Waals surface area contributed by atoms with Crippen LogP contribution in [0.4, 0.5) is 0 Å². The summed E-state index contributed by atoms with van der Waals surface area (Å²) in [5, 5.41) is 6.70. The maximum Gasteiger partial charge on any atom is 0.271 e. The van der Waals surface area contributed by atoms with Crippen molar-refractivity contribution in [2.45, 2.75) is 24.8 Å². The van der Waals surface area contributed by atoms with Crippen molar-refractivity contribution in [1.29, 1.82) is 0 Å². The predicted octanol–water partition coefficient (Wildman–Crippen LogP) is 4.21. The smallest absolute Gasteiger partial charge is 0.267 e. The first kappa shape index (κ1) is 18.3. The number of carbonyl (C=O) groups excluding carboxylic acids is 1. The Balaban J connectivity index is 1.55. The molecule has 0 fully saturated rings. The number of carbonyl (C=O) groups is 1. The Labute approximate surface area is 160 Å². The Bertz CT molecular complexity index is 886. The molecule has 2 heterocycles. The third-order valence-electron chi connectivity index (χ3n) is 3.45. The van der Waals surface area contributed by atoms with Crippen LogP contribution in [-0.4, -0.2) is 22.1 Å². The number of nitrogens with one attached hydrogen (secondary N) is 1. The number of amides is 1. The van der Waals surface area contributed by atoms with E-state index in [9.17, 15) is 4.79 Å². The normalized spacial score (nSPS) is 11.0. The lowest BCUT2D eigenvalue weighted by molar-refractivity contribution is 0.0955. The number of hydrogen-bond acceptors (Lipinski definition) is 6. The highest BCUT2D eigenvalue weighted by Gasteiger charge is 2.05. The van der Waals surface area contributed by atoms with Gasteiger partial charge in [-0.1, -0.05) is 30.0 Å². The van der Waals surface area contributed by atoms with E-state index in [0.29, 0.717) is 5.56 Å². The summed E-state index contributed by atoms with van der Waals surface area (Å²) in [5.41, 5.74) is 6.16. The van der Waals surface area contributed by atoms with Crippen molar-refractivity contribution in [3.63, 3.8) is 0 Å². The topological polar surface area (TPSA) is 67.2 Å². The van der Waals surface area contributed by atoms with Gasteiger partial charge in [-0.2, -0.15) is 5.10 Å². The Hall–Kier alpha value is -2.51. The quantitative estimate of drug-likeness (QED) is 0.300. The van der Waals surface area contributed by atoms with Crippen LogP contribution < -0.4 is 5.43 Å². The third-order valence-corrected chi connectivity index (χ3v) is 5.17. The number of thioether (sulfide) groups is 1. The molecule has 7 heteroatoms. The van der Waals surface area contributed by atoms with Gasteiger partial charge in [0.05, 0.1) is 6.21 Å². The summed E-state index contributed by atoms with van der Waals surface area (Å²) < 4.78 is 0. The monoisotopic (exact) mass is 382 g/mol. The molecule has 26 heavy (non-hydrogen) atoms. The minimum Gasteiger partial charge on any atom is -0.267 e. The van der Waals surface area contributed by atoms with Crippen LogP contribution in [0.1, 0.15) is 32.2 Å². The molecule has 1 amide bonds. The second-order valence-electron chi connectivity index (χ2n) is 5.63. The van der Waals surface area contributed by atoms with Gasteiger partial charge in [0.2, 0.25) is 0 Å². The van der Waals surface area contributed by atoms with Gasteiger partial charge in [0.15, 0.2) is 5.16 Å². The van der Waals surface area contributed by atoms with Crippen molar-refractivity contribution in [2.75, 3.05) is 0 Å². The second-order valence-corrected chi connectivity index (χ2v) is 7.56. The van der Waals surface area contributed by atoms with Crippen LogP contribution in [0.25, 0.3) is 0 Å². The van der Waals surface area contributed by atoms with Gasteiger partial charge >= 0.3 is 0 Å². The minimum absolute atomic E-state index is 0.227. The molecule has 0 atom stereocenters. The zero-order valence-electron chi connectivity index (χ0n) is 14.5. The Morgan fingerprint density at radius 2 is 1.92 bits per heavy atom. The lowest BCUT2D eigenvalue weighted by Gasteiger charge is -2.04. The molecular weight excluding hydrogens is 364 g/mol. The highest BCUT2D eigenvalue weighted by atomic mass is 32.2. The van der Waals surface area contributed by atoms with E-state index in [0.717, 1.165) is 32.7 Å². The number of aryl methyl sites for hydroxylation is 2. The van der Waals surface area contributed by atoms with E-state index in [1.54, 1.807) is 41.4 Å². The van der Waals surface area contributed by atoms with Crippen molar-refractivity contribution in [3.05, 3.63) is 75.2 Å². The fraction of sp³-hybridized carbons (Fsp3) is 0.158. The van der Waals surface area contributed by atoms with Crippen LogP contribution >= 0.6 is 23.1 Å². The molecule has 0 saturated heterocycles. The largest absolute Gasteiger partial charge is 0.271 e. The molecule has 1 aromatic carbocycles. The number of aromatic nitrogens is 2. The Morgan fingerprint density at radius 1 is 1.19 bits per heavy atom. The maximum atomic E-state index is 12.1. The first-order valence-electron chi connectivity index (χ1n) is 8.01. The van der Waals surface area contributed by atoms with Crippen molar-refractivity contribution in [2.24, 2.45) is 5.10 Å². The number of hydrogen-bond donors (Lipinski definition) is 1. The number of nitrogens with zero attached hydrogens (tertiary/aromatic N) is 3. The van der Waals surface area contributed by atoms with Gasteiger partial charge in [-0.15, -0.1) is 11.3 Å². The summed E-state index contributed by atoms with van der Waals surface area (Å²) in [6, 6.07) is 13.3. The fourth-order valence-corrected chi connectivity index (χ4v) is 3.73. The van der Waals surface area contributed by atoms with Crippen molar-refractivity contribution < 1.29 is 4.79 Å². The molecule has 2 aromatic heterocycles. The Morgan fingerprint density at radius 3 is 2.58 bits per heavy atom. The van der Waals surface area contributed by atoms with E-state index in [-0.39, 0.29) is 5.91 Å². The van der Waals surface area contributed by atoms with Gasteiger partial charge in [-0.3, -0.25) is 4.79 Å². The minimum atomic E-state index is -0.227. The van der Waals surface area contributed by atoms with E-state index in [2.05, 4.69) is 20.5 Å². The third kappa shape index (κ3) is 5.24. The molecule has 132 valence electrons. The van der Waals surface area contributed by atoms with Gasteiger partial charge in [0.25, 0.3) is 5.91 Å². The standard InChI is InChI=1S/C19H18N4OS2/c1-13-10-14(2)22-19(21-13)26-12-15-5-7-16(8-6-15)18(24)23-20-11-17-4-3-9-25-17/h3-11H,12H2,1-2H3,(H,23,24)/b20-11+. The SMILES string of the molecule is Cc1cc(C)nc(SCc2ccc(C(=O)N/N=C/c3cccs3)cc2)n1. The highest BCUT2D eigenvalue weighted by Crippen LogP contribution is 2.20. The average Bonchev–Trinajstić information content (AvgIpc) is 3.13. The summed E-state index contributed by atoms with van der Waals surface area (Å²) in [6.45, 7) is 3.93. The molecule has 0 unspecified atom stereocenters. The van der Waals surface area contributed by atoms with E-state index < -0.39 is 0 Å².